The van der Waals surface area contributed by atoms with Crippen LogP contribution >= 0.6 is 11.8 Å². The first-order valence-electron chi connectivity index (χ1n) is 8.29. The van der Waals surface area contributed by atoms with Gasteiger partial charge in [-0.25, -0.2) is 4.98 Å². The summed E-state index contributed by atoms with van der Waals surface area (Å²) in [4.78, 5) is 30.2. The number of thioether (sulfide) groups is 1. The van der Waals surface area contributed by atoms with Gasteiger partial charge in [0.25, 0.3) is 5.91 Å². The van der Waals surface area contributed by atoms with Gasteiger partial charge >= 0.3 is 0 Å². The highest BCUT2D eigenvalue weighted by Crippen LogP contribution is 2.19. The van der Waals surface area contributed by atoms with Gasteiger partial charge in [0.05, 0.1) is 5.75 Å². The molecule has 0 radical (unpaired) electrons. The average Bonchev–Trinajstić information content (AvgIpc) is 3.02. The molecule has 0 atom stereocenters. The zero-order valence-corrected chi connectivity index (χ0v) is 16.4. The first kappa shape index (κ1) is 18.8. The second-order valence-corrected chi connectivity index (χ2v) is 7.18. The van der Waals surface area contributed by atoms with E-state index in [1.165, 1.54) is 16.7 Å². The van der Waals surface area contributed by atoms with E-state index >= 15 is 0 Å². The lowest BCUT2D eigenvalue weighted by atomic mass is 10.2. The summed E-state index contributed by atoms with van der Waals surface area (Å²) in [6.07, 6.45) is 0. The summed E-state index contributed by atoms with van der Waals surface area (Å²) < 4.78 is 1.82. The third-order valence-corrected chi connectivity index (χ3v) is 4.72. The van der Waals surface area contributed by atoms with Crippen LogP contribution in [0.2, 0.25) is 0 Å². The minimum Gasteiger partial charge on any atom is -0.345 e. The van der Waals surface area contributed by atoms with Crippen molar-refractivity contribution in [3.05, 3.63) is 47.4 Å². The predicted molar refractivity (Wildman–Crippen MR) is 104 cm³/mol. The number of hydrogen-bond acceptors (Lipinski definition) is 6. The summed E-state index contributed by atoms with van der Waals surface area (Å²) in [5.41, 5.74) is 2.67. The Morgan fingerprint density at radius 2 is 1.96 bits per heavy atom. The van der Waals surface area contributed by atoms with Gasteiger partial charge in [-0.2, -0.15) is 0 Å². The molecular weight excluding hydrogens is 364 g/mol. The molecule has 0 aliphatic carbocycles. The fourth-order valence-electron chi connectivity index (χ4n) is 2.61. The van der Waals surface area contributed by atoms with Crippen LogP contribution in [0.3, 0.4) is 0 Å². The second kappa shape index (κ2) is 7.75. The molecule has 1 aromatic carbocycles. The van der Waals surface area contributed by atoms with Gasteiger partial charge < -0.3 is 10.2 Å². The van der Waals surface area contributed by atoms with Gasteiger partial charge in [0, 0.05) is 37.1 Å². The number of carbonyl (C=O) groups is 2. The summed E-state index contributed by atoms with van der Waals surface area (Å²) in [7, 11) is 3.37. The van der Waals surface area contributed by atoms with Crippen molar-refractivity contribution in [3.8, 4) is 0 Å². The molecular formula is C18H20N6O2S. The third kappa shape index (κ3) is 4.25. The monoisotopic (exact) mass is 384 g/mol. The first-order chi connectivity index (χ1) is 12.8. The quantitative estimate of drug-likeness (QED) is 0.678. The molecule has 3 rings (SSSR count). The van der Waals surface area contributed by atoms with Gasteiger partial charge in [0.15, 0.2) is 10.8 Å². The molecule has 0 spiro atoms. The molecule has 0 unspecified atom stereocenters. The van der Waals surface area contributed by atoms with Crippen molar-refractivity contribution in [1.82, 2.24) is 24.5 Å². The van der Waals surface area contributed by atoms with Crippen LogP contribution in [0.4, 0.5) is 5.69 Å². The van der Waals surface area contributed by atoms with Crippen LogP contribution in [0.15, 0.2) is 35.5 Å². The SMILES string of the molecule is Cc1cc2nnc(SCC(=O)Nc3cccc(C(=O)N(C)C)c3)n2c(C)n1. The van der Waals surface area contributed by atoms with E-state index in [1.807, 2.05) is 24.3 Å². The van der Waals surface area contributed by atoms with Crippen molar-refractivity contribution in [3.63, 3.8) is 0 Å². The molecule has 1 N–H and O–H groups in total. The Balaban J connectivity index is 1.67. The molecule has 2 heterocycles. The minimum absolute atomic E-state index is 0.117. The molecule has 27 heavy (non-hydrogen) atoms. The predicted octanol–water partition coefficient (Wildman–Crippen LogP) is 2.17. The smallest absolute Gasteiger partial charge is 0.253 e. The molecule has 0 fully saturated rings. The Hall–Kier alpha value is -2.94. The Morgan fingerprint density at radius 1 is 1.19 bits per heavy atom. The molecule has 3 aromatic rings. The van der Waals surface area contributed by atoms with E-state index in [-0.39, 0.29) is 17.6 Å². The van der Waals surface area contributed by atoms with Crippen molar-refractivity contribution in [2.24, 2.45) is 0 Å². The number of amides is 2. The van der Waals surface area contributed by atoms with Crippen molar-refractivity contribution >= 4 is 34.9 Å². The lowest BCUT2D eigenvalue weighted by molar-refractivity contribution is -0.113. The van der Waals surface area contributed by atoms with E-state index in [2.05, 4.69) is 20.5 Å². The Kier molecular flexibility index (Phi) is 5.41. The number of nitrogens with one attached hydrogen (secondary N) is 1. The summed E-state index contributed by atoms with van der Waals surface area (Å²) >= 11 is 1.28. The van der Waals surface area contributed by atoms with Crippen molar-refractivity contribution in [1.29, 1.82) is 0 Å². The fourth-order valence-corrected chi connectivity index (χ4v) is 3.40. The van der Waals surface area contributed by atoms with E-state index in [1.54, 1.807) is 38.4 Å². The number of carbonyl (C=O) groups excluding carboxylic acids is 2. The lowest BCUT2D eigenvalue weighted by Gasteiger charge is -2.11. The molecule has 0 aliphatic rings. The van der Waals surface area contributed by atoms with E-state index < -0.39 is 0 Å². The van der Waals surface area contributed by atoms with Crippen LogP contribution in [0.5, 0.6) is 0 Å². The molecule has 2 aromatic heterocycles. The zero-order valence-electron chi connectivity index (χ0n) is 15.6. The number of hydrogen-bond donors (Lipinski definition) is 1. The van der Waals surface area contributed by atoms with Crippen LogP contribution in [-0.2, 0) is 4.79 Å². The highest BCUT2D eigenvalue weighted by atomic mass is 32.2. The average molecular weight is 384 g/mol. The number of aromatic nitrogens is 4. The molecule has 2 amide bonds. The van der Waals surface area contributed by atoms with Gasteiger partial charge in [-0.05, 0) is 32.0 Å². The number of benzene rings is 1. The van der Waals surface area contributed by atoms with Gasteiger partial charge in [-0.3, -0.25) is 14.0 Å². The minimum atomic E-state index is -0.191. The number of rotatable bonds is 5. The number of aryl methyl sites for hydroxylation is 2. The van der Waals surface area contributed by atoms with E-state index in [0.29, 0.717) is 22.1 Å². The zero-order chi connectivity index (χ0) is 19.6. The molecule has 140 valence electrons. The topological polar surface area (TPSA) is 92.5 Å². The maximum atomic E-state index is 12.3. The first-order valence-corrected chi connectivity index (χ1v) is 9.27. The molecule has 0 saturated heterocycles. The maximum Gasteiger partial charge on any atom is 0.253 e. The summed E-state index contributed by atoms with van der Waals surface area (Å²) in [5.74, 6) is 0.630. The van der Waals surface area contributed by atoms with Crippen molar-refractivity contribution in [2.75, 3.05) is 25.2 Å². The standard InChI is InChI=1S/C18H20N6O2S/c1-11-8-15-21-22-18(24(15)12(2)19-11)27-10-16(25)20-14-7-5-6-13(9-14)17(26)23(3)4/h5-9H,10H2,1-4H3,(H,20,25). The largest absolute Gasteiger partial charge is 0.345 e. The van der Waals surface area contributed by atoms with E-state index in [9.17, 15) is 9.59 Å². The molecule has 0 saturated carbocycles. The highest BCUT2D eigenvalue weighted by Gasteiger charge is 2.13. The van der Waals surface area contributed by atoms with Crippen molar-refractivity contribution in [2.45, 2.75) is 19.0 Å². The molecule has 9 heteroatoms. The van der Waals surface area contributed by atoms with Crippen LogP contribution in [0.25, 0.3) is 5.65 Å². The van der Waals surface area contributed by atoms with Crippen molar-refractivity contribution < 1.29 is 9.59 Å². The van der Waals surface area contributed by atoms with E-state index in [0.717, 1.165) is 11.5 Å². The number of fused-ring (bicyclic) bond motifs is 1. The number of nitrogens with zero attached hydrogens (tertiary/aromatic N) is 5. The third-order valence-electron chi connectivity index (χ3n) is 3.79. The lowest BCUT2D eigenvalue weighted by Crippen LogP contribution is -2.22. The van der Waals surface area contributed by atoms with Crippen LogP contribution < -0.4 is 5.32 Å². The molecule has 8 nitrogen and oxygen atoms in total. The Bertz CT molecular complexity index is 1010. The normalized spacial score (nSPS) is 10.8. The second-order valence-electron chi connectivity index (χ2n) is 6.24. The van der Waals surface area contributed by atoms with Gasteiger partial charge in [0.2, 0.25) is 5.91 Å². The summed E-state index contributed by atoms with van der Waals surface area (Å²) in [6, 6.07) is 8.71. The number of anilines is 1. The van der Waals surface area contributed by atoms with Gasteiger partial charge in [0.1, 0.15) is 5.82 Å². The van der Waals surface area contributed by atoms with Crippen LogP contribution in [-0.4, -0.2) is 56.1 Å². The fraction of sp³-hybridized carbons (Fsp3) is 0.278. The highest BCUT2D eigenvalue weighted by molar-refractivity contribution is 7.99. The van der Waals surface area contributed by atoms with Crippen LogP contribution in [0, 0.1) is 13.8 Å². The maximum absolute atomic E-state index is 12.3. The summed E-state index contributed by atoms with van der Waals surface area (Å²) in [5, 5.41) is 11.7. The molecule has 0 aliphatic heterocycles. The summed E-state index contributed by atoms with van der Waals surface area (Å²) in [6.45, 7) is 3.78. The van der Waals surface area contributed by atoms with Gasteiger partial charge in [-0.1, -0.05) is 17.8 Å². The molecule has 0 bridgehead atoms. The van der Waals surface area contributed by atoms with E-state index in [4.69, 9.17) is 0 Å². The van der Waals surface area contributed by atoms with Crippen LogP contribution in [0.1, 0.15) is 21.9 Å². The Morgan fingerprint density at radius 3 is 2.70 bits per heavy atom. The Labute approximate surface area is 161 Å². The van der Waals surface area contributed by atoms with Gasteiger partial charge in [-0.15, -0.1) is 10.2 Å².